The second-order valence-electron chi connectivity index (χ2n) is 6.02. The van der Waals surface area contributed by atoms with Gasteiger partial charge in [0.25, 0.3) is 0 Å². The first-order valence-electron chi connectivity index (χ1n) is 7.85. The van der Waals surface area contributed by atoms with Crippen LogP contribution in [-0.2, 0) is 0 Å². The van der Waals surface area contributed by atoms with Gasteiger partial charge < -0.3 is 10.2 Å². The van der Waals surface area contributed by atoms with E-state index in [4.69, 9.17) is 11.6 Å². The van der Waals surface area contributed by atoms with E-state index in [1.807, 2.05) is 0 Å². The molecular formula is C17H27ClN2. The van der Waals surface area contributed by atoms with Gasteiger partial charge in [0.15, 0.2) is 0 Å². The molecule has 2 nitrogen and oxygen atoms in total. The number of rotatable bonds is 6. The first-order valence-corrected chi connectivity index (χ1v) is 8.23. The molecule has 20 heavy (non-hydrogen) atoms. The maximum atomic E-state index is 6.48. The molecular weight excluding hydrogens is 268 g/mol. The fourth-order valence-corrected chi connectivity index (χ4v) is 3.54. The summed E-state index contributed by atoms with van der Waals surface area (Å²) in [6, 6.07) is 6.82. The van der Waals surface area contributed by atoms with E-state index in [1.54, 1.807) is 0 Å². The van der Waals surface area contributed by atoms with Gasteiger partial charge in [-0.1, -0.05) is 37.4 Å². The second kappa shape index (κ2) is 7.33. The maximum absolute atomic E-state index is 6.48. The minimum Gasteiger partial charge on any atom is -0.373 e. The van der Waals surface area contributed by atoms with E-state index in [0.29, 0.717) is 6.04 Å². The van der Waals surface area contributed by atoms with Crippen LogP contribution in [0.4, 0.5) is 5.69 Å². The molecule has 0 heterocycles. The fraction of sp³-hybridized carbons (Fsp3) is 0.647. The summed E-state index contributed by atoms with van der Waals surface area (Å²) in [7, 11) is 2.16. The molecule has 2 rings (SSSR count). The third-order valence-electron chi connectivity index (χ3n) is 4.40. The number of nitrogens with zero attached hydrogens (tertiary/aromatic N) is 1. The van der Waals surface area contributed by atoms with E-state index in [2.05, 4.69) is 49.3 Å². The highest BCUT2D eigenvalue weighted by atomic mass is 35.5. The van der Waals surface area contributed by atoms with Gasteiger partial charge in [0.05, 0.1) is 10.7 Å². The Hall–Kier alpha value is -0.730. The Kier molecular flexibility index (Phi) is 5.74. The minimum atomic E-state index is 0.353. The lowest BCUT2D eigenvalue weighted by atomic mass is 10.1. The molecule has 0 spiro atoms. The minimum absolute atomic E-state index is 0.353. The van der Waals surface area contributed by atoms with E-state index in [1.165, 1.54) is 31.2 Å². The number of benzene rings is 1. The smallest absolute Gasteiger partial charge is 0.0642 e. The van der Waals surface area contributed by atoms with Crippen molar-refractivity contribution in [3.05, 3.63) is 28.8 Å². The lowest BCUT2D eigenvalue weighted by Crippen LogP contribution is -2.24. The van der Waals surface area contributed by atoms with Gasteiger partial charge in [0.1, 0.15) is 0 Å². The summed E-state index contributed by atoms with van der Waals surface area (Å²) in [4.78, 5) is 2.32. The number of hydrogen-bond acceptors (Lipinski definition) is 2. The van der Waals surface area contributed by atoms with Crippen molar-refractivity contribution in [2.24, 2.45) is 5.92 Å². The summed E-state index contributed by atoms with van der Waals surface area (Å²) in [5.74, 6) is 0.844. The van der Waals surface area contributed by atoms with Crippen LogP contribution in [-0.4, -0.2) is 20.1 Å². The normalized spacial score (nSPS) is 17.4. The Balaban J connectivity index is 2.04. The first-order chi connectivity index (χ1) is 9.61. The summed E-state index contributed by atoms with van der Waals surface area (Å²) in [5.41, 5.74) is 2.42. The van der Waals surface area contributed by atoms with E-state index in [9.17, 15) is 0 Å². The zero-order chi connectivity index (χ0) is 14.5. The molecule has 0 bridgehead atoms. The molecule has 1 aliphatic rings. The zero-order valence-corrected chi connectivity index (χ0v) is 13.7. The van der Waals surface area contributed by atoms with Crippen molar-refractivity contribution in [1.29, 1.82) is 0 Å². The van der Waals surface area contributed by atoms with Gasteiger partial charge >= 0.3 is 0 Å². The van der Waals surface area contributed by atoms with E-state index >= 15 is 0 Å². The Labute approximate surface area is 128 Å². The molecule has 1 atom stereocenters. The van der Waals surface area contributed by atoms with E-state index in [-0.39, 0.29) is 0 Å². The van der Waals surface area contributed by atoms with Crippen molar-refractivity contribution in [2.75, 3.05) is 25.0 Å². The lowest BCUT2D eigenvalue weighted by molar-refractivity contribution is 0.547. The molecule has 0 saturated heterocycles. The van der Waals surface area contributed by atoms with Crippen LogP contribution in [0, 0.1) is 5.92 Å². The molecule has 1 aliphatic carbocycles. The van der Waals surface area contributed by atoms with Crippen LogP contribution in [0.25, 0.3) is 0 Å². The van der Waals surface area contributed by atoms with Crippen LogP contribution >= 0.6 is 11.6 Å². The molecule has 1 unspecified atom stereocenters. The topological polar surface area (TPSA) is 15.3 Å². The third kappa shape index (κ3) is 3.89. The number of nitrogens with one attached hydrogen (secondary N) is 1. The zero-order valence-electron chi connectivity index (χ0n) is 13.0. The highest BCUT2D eigenvalue weighted by Gasteiger charge is 2.18. The van der Waals surface area contributed by atoms with Crippen LogP contribution in [0.3, 0.4) is 0 Å². The van der Waals surface area contributed by atoms with Crippen LogP contribution in [0.1, 0.15) is 51.1 Å². The Morgan fingerprint density at radius 3 is 2.65 bits per heavy atom. The predicted molar refractivity (Wildman–Crippen MR) is 88.8 cm³/mol. The quantitative estimate of drug-likeness (QED) is 0.822. The second-order valence-corrected chi connectivity index (χ2v) is 6.43. The van der Waals surface area contributed by atoms with Crippen molar-refractivity contribution in [3.63, 3.8) is 0 Å². The summed E-state index contributed by atoms with van der Waals surface area (Å²) in [6.45, 7) is 6.41. The highest BCUT2D eigenvalue weighted by molar-refractivity contribution is 6.33. The van der Waals surface area contributed by atoms with Crippen molar-refractivity contribution in [1.82, 2.24) is 5.32 Å². The molecule has 1 aromatic carbocycles. The average molecular weight is 295 g/mol. The monoisotopic (exact) mass is 294 g/mol. The van der Waals surface area contributed by atoms with Gasteiger partial charge in [-0.05, 0) is 49.9 Å². The summed E-state index contributed by atoms with van der Waals surface area (Å²) in [6.07, 6.45) is 5.53. The van der Waals surface area contributed by atoms with Crippen LogP contribution in [0.15, 0.2) is 18.2 Å². The van der Waals surface area contributed by atoms with Gasteiger partial charge in [0.2, 0.25) is 0 Å². The lowest BCUT2D eigenvalue weighted by Gasteiger charge is -2.25. The van der Waals surface area contributed by atoms with E-state index < -0.39 is 0 Å². The predicted octanol–water partition coefficient (Wildman–Crippen LogP) is 4.64. The van der Waals surface area contributed by atoms with Crippen molar-refractivity contribution in [3.8, 4) is 0 Å². The molecule has 0 amide bonds. The SMILES string of the molecule is CCNC(C)c1ccc(N(C)CC2CCCC2)c(Cl)c1. The molecule has 1 aromatic rings. The molecule has 1 N–H and O–H groups in total. The van der Waals surface area contributed by atoms with E-state index in [0.717, 1.165) is 29.7 Å². The van der Waals surface area contributed by atoms with Gasteiger partial charge in [-0.15, -0.1) is 0 Å². The maximum Gasteiger partial charge on any atom is 0.0642 e. The van der Waals surface area contributed by atoms with Gasteiger partial charge in [0, 0.05) is 19.6 Å². The number of halogens is 1. The highest BCUT2D eigenvalue weighted by Crippen LogP contribution is 2.31. The summed E-state index contributed by atoms with van der Waals surface area (Å²) >= 11 is 6.48. The summed E-state index contributed by atoms with van der Waals surface area (Å²) in [5, 5.41) is 4.29. The first kappa shape index (κ1) is 15.7. The standard InChI is InChI=1S/C17H27ClN2/c1-4-19-13(2)15-9-10-17(16(18)11-15)20(3)12-14-7-5-6-8-14/h9-11,13-14,19H,4-8,12H2,1-3H3. The largest absolute Gasteiger partial charge is 0.373 e. The van der Waals surface area contributed by atoms with Gasteiger partial charge in [-0.3, -0.25) is 0 Å². The molecule has 1 fully saturated rings. The van der Waals surface area contributed by atoms with Crippen LogP contribution < -0.4 is 10.2 Å². The Morgan fingerprint density at radius 2 is 2.05 bits per heavy atom. The van der Waals surface area contributed by atoms with Crippen molar-refractivity contribution in [2.45, 2.75) is 45.6 Å². The summed E-state index contributed by atoms with van der Waals surface area (Å²) < 4.78 is 0. The Morgan fingerprint density at radius 1 is 1.35 bits per heavy atom. The molecule has 3 heteroatoms. The molecule has 1 saturated carbocycles. The van der Waals surface area contributed by atoms with Gasteiger partial charge in [-0.2, -0.15) is 0 Å². The third-order valence-corrected chi connectivity index (χ3v) is 4.70. The molecule has 0 radical (unpaired) electrons. The average Bonchev–Trinajstić information content (AvgIpc) is 2.91. The number of anilines is 1. The molecule has 112 valence electrons. The molecule has 0 aliphatic heterocycles. The van der Waals surface area contributed by atoms with Crippen molar-refractivity contribution >= 4 is 17.3 Å². The fourth-order valence-electron chi connectivity index (χ4n) is 3.20. The van der Waals surface area contributed by atoms with Crippen molar-refractivity contribution < 1.29 is 0 Å². The van der Waals surface area contributed by atoms with Gasteiger partial charge in [-0.25, -0.2) is 0 Å². The Bertz CT molecular complexity index is 427. The molecule has 0 aromatic heterocycles. The van der Waals surface area contributed by atoms with Crippen LogP contribution in [0.5, 0.6) is 0 Å². The number of hydrogen-bond donors (Lipinski definition) is 1. The van der Waals surface area contributed by atoms with Crippen LogP contribution in [0.2, 0.25) is 5.02 Å².